The molecule has 3 heterocycles. The minimum absolute atomic E-state index is 0.190. The van der Waals surface area contributed by atoms with Crippen molar-refractivity contribution in [3.8, 4) is 17.2 Å². The highest BCUT2D eigenvalue weighted by atomic mass is 16.5. The van der Waals surface area contributed by atoms with E-state index in [9.17, 15) is 14.4 Å². The third-order valence-electron chi connectivity index (χ3n) is 11.0. The van der Waals surface area contributed by atoms with Crippen LogP contribution in [0.1, 0.15) is 54.2 Å². The fourth-order valence-electron chi connectivity index (χ4n) is 8.19. The number of rotatable bonds is 18. The Balaban J connectivity index is 1.27. The third-order valence-corrected chi connectivity index (χ3v) is 11.0. The van der Waals surface area contributed by atoms with Crippen molar-refractivity contribution in [1.82, 2.24) is 15.0 Å². The quantitative estimate of drug-likeness (QED) is 0.0749. The first kappa shape index (κ1) is 45.6. The Morgan fingerprint density at radius 1 is 0.394 bits per heavy atom. The van der Waals surface area contributed by atoms with Crippen LogP contribution < -0.4 is 46.1 Å². The number of benzene rings is 4. The molecule has 0 aliphatic rings. The molecule has 66 heavy (non-hydrogen) atoms. The second-order valence-corrected chi connectivity index (χ2v) is 14.9. The molecule has 336 valence electrons. The van der Waals surface area contributed by atoms with E-state index in [1.54, 1.807) is 110 Å². The summed E-state index contributed by atoms with van der Waals surface area (Å²) in [5.74, 6) is 1.59. The summed E-state index contributed by atoms with van der Waals surface area (Å²) in [6.45, 7) is 6.89. The lowest BCUT2D eigenvalue weighted by Gasteiger charge is -2.27. The molecule has 3 aromatic heterocycles. The fraction of sp³-hybridized carbons (Fsp3) is 0.176. The standard InChI is InChI=1S/C51H51N9O6/c1-4-43-46(31-64-40-13-7-10-37(28-40)58(49(52)61)34-16-22-55-23-17-34)44(5-2)48(33-66-42-15-9-12-39(30-42)60(51(54)63)36-20-26-57-27-21-36)45(6-3)47(43)32-65-41-14-8-11-38(29-41)59(50(53)62)35-18-24-56-25-19-35/h7-30H,4-6,31-33H2,1-3H3,(H2,52,61)(H2,53,62)(H2,54,63). The summed E-state index contributed by atoms with van der Waals surface area (Å²) in [6.07, 6.45) is 11.5. The van der Waals surface area contributed by atoms with Crippen molar-refractivity contribution < 1.29 is 28.6 Å². The van der Waals surface area contributed by atoms with Crippen LogP contribution in [0, 0.1) is 0 Å². The number of nitrogens with two attached hydrogens (primary N) is 3. The number of hydrogen-bond donors (Lipinski definition) is 3. The molecule has 0 saturated carbocycles. The Bertz CT molecular complexity index is 2470. The molecule has 15 heteroatoms. The minimum Gasteiger partial charge on any atom is -0.489 e. The molecule has 0 unspecified atom stereocenters. The molecular weight excluding hydrogens is 835 g/mol. The van der Waals surface area contributed by atoms with Crippen molar-refractivity contribution in [2.45, 2.75) is 59.9 Å². The van der Waals surface area contributed by atoms with E-state index in [1.807, 2.05) is 36.4 Å². The summed E-state index contributed by atoms with van der Waals surface area (Å²) < 4.78 is 19.9. The summed E-state index contributed by atoms with van der Waals surface area (Å²) in [6, 6.07) is 29.9. The van der Waals surface area contributed by atoms with Crippen LogP contribution in [0.5, 0.6) is 17.2 Å². The summed E-state index contributed by atoms with van der Waals surface area (Å²) >= 11 is 0. The Morgan fingerprint density at radius 3 is 0.879 bits per heavy atom. The number of aromatic nitrogens is 3. The summed E-state index contributed by atoms with van der Waals surface area (Å²) in [5.41, 5.74) is 27.1. The van der Waals surface area contributed by atoms with Crippen LogP contribution in [-0.2, 0) is 39.1 Å². The van der Waals surface area contributed by atoms with Crippen LogP contribution in [0.25, 0.3) is 0 Å². The first-order valence-electron chi connectivity index (χ1n) is 21.5. The maximum Gasteiger partial charge on any atom is 0.323 e. The van der Waals surface area contributed by atoms with Crippen LogP contribution in [0.4, 0.5) is 48.5 Å². The van der Waals surface area contributed by atoms with Gasteiger partial charge in [-0.2, -0.15) is 0 Å². The number of urea groups is 3. The Hall–Kier alpha value is -8.46. The van der Waals surface area contributed by atoms with Gasteiger partial charge in [0.05, 0.1) is 34.1 Å². The van der Waals surface area contributed by atoms with Crippen molar-refractivity contribution in [2.75, 3.05) is 14.7 Å². The first-order valence-corrected chi connectivity index (χ1v) is 21.5. The zero-order chi connectivity index (χ0) is 46.6. The number of carbonyl (C=O) groups excluding carboxylic acids is 3. The van der Waals surface area contributed by atoms with Crippen molar-refractivity contribution in [3.05, 3.63) is 180 Å². The first-order chi connectivity index (χ1) is 32.1. The average Bonchev–Trinajstić information content (AvgIpc) is 3.33. The van der Waals surface area contributed by atoms with E-state index in [4.69, 9.17) is 31.4 Å². The molecule has 0 radical (unpaired) electrons. The lowest BCUT2D eigenvalue weighted by Crippen LogP contribution is -2.31. The van der Waals surface area contributed by atoms with Crippen LogP contribution in [0.3, 0.4) is 0 Å². The molecule has 0 saturated heterocycles. The molecule has 0 spiro atoms. The van der Waals surface area contributed by atoms with Crippen LogP contribution in [-0.4, -0.2) is 33.0 Å². The van der Waals surface area contributed by atoms with Gasteiger partial charge in [-0.05, 0) is 125 Å². The van der Waals surface area contributed by atoms with E-state index in [0.29, 0.717) is 70.6 Å². The number of carbonyl (C=O) groups is 3. The van der Waals surface area contributed by atoms with Gasteiger partial charge in [-0.15, -0.1) is 0 Å². The van der Waals surface area contributed by atoms with Gasteiger partial charge in [0.15, 0.2) is 0 Å². The van der Waals surface area contributed by atoms with Crippen molar-refractivity contribution in [2.24, 2.45) is 17.2 Å². The fourth-order valence-corrected chi connectivity index (χ4v) is 8.19. The van der Waals surface area contributed by atoms with Gasteiger partial charge in [-0.1, -0.05) is 39.0 Å². The number of amides is 6. The van der Waals surface area contributed by atoms with Gasteiger partial charge in [-0.3, -0.25) is 29.7 Å². The zero-order valence-electron chi connectivity index (χ0n) is 37.0. The average molecular weight is 886 g/mol. The van der Waals surface area contributed by atoms with Crippen LogP contribution in [0.2, 0.25) is 0 Å². The van der Waals surface area contributed by atoms with E-state index in [1.165, 1.54) is 14.7 Å². The molecule has 0 bridgehead atoms. The predicted octanol–water partition coefficient (Wildman–Crippen LogP) is 9.95. The van der Waals surface area contributed by atoms with E-state index in [0.717, 1.165) is 33.4 Å². The zero-order valence-corrected chi connectivity index (χ0v) is 37.0. The van der Waals surface area contributed by atoms with Gasteiger partial charge in [0.2, 0.25) is 0 Å². The number of ether oxygens (including phenoxy) is 3. The number of primary amides is 3. The molecule has 15 nitrogen and oxygen atoms in total. The lowest BCUT2D eigenvalue weighted by molar-refractivity contribution is 0.255. The smallest absolute Gasteiger partial charge is 0.323 e. The second kappa shape index (κ2) is 21.3. The third kappa shape index (κ3) is 10.3. The minimum atomic E-state index is -0.653. The van der Waals surface area contributed by atoms with Gasteiger partial charge >= 0.3 is 18.1 Å². The van der Waals surface area contributed by atoms with Gasteiger partial charge in [0, 0.05) is 55.4 Å². The van der Waals surface area contributed by atoms with Crippen molar-refractivity contribution >= 4 is 52.2 Å². The maximum absolute atomic E-state index is 12.7. The van der Waals surface area contributed by atoms with E-state index in [2.05, 4.69) is 35.7 Å². The molecule has 4 aromatic carbocycles. The molecule has 6 N–H and O–H groups in total. The predicted molar refractivity (Wildman–Crippen MR) is 255 cm³/mol. The van der Waals surface area contributed by atoms with E-state index < -0.39 is 18.1 Å². The summed E-state index contributed by atoms with van der Waals surface area (Å²) in [5, 5.41) is 0. The normalized spacial score (nSPS) is 10.8. The van der Waals surface area contributed by atoms with Gasteiger partial charge in [0.25, 0.3) is 0 Å². The van der Waals surface area contributed by atoms with Crippen molar-refractivity contribution in [3.63, 3.8) is 0 Å². The van der Waals surface area contributed by atoms with Crippen LogP contribution in [0.15, 0.2) is 146 Å². The highest BCUT2D eigenvalue weighted by Gasteiger charge is 2.25. The molecule has 0 atom stereocenters. The molecule has 7 rings (SSSR count). The monoisotopic (exact) mass is 885 g/mol. The molecular formula is C51H51N9O6. The Labute approximate surface area is 383 Å². The summed E-state index contributed by atoms with van der Waals surface area (Å²) in [7, 11) is 0. The topological polar surface area (TPSA) is 205 Å². The highest BCUT2D eigenvalue weighted by molar-refractivity contribution is 6.00. The number of anilines is 6. The maximum atomic E-state index is 12.7. The SMILES string of the molecule is CCc1c(COc2cccc(N(C(N)=O)c3ccncc3)c2)c(CC)c(COc2cccc(N(C(N)=O)c3ccncc3)c2)c(CC)c1COc1cccc(N(C(N)=O)c2ccncc2)c1. The number of hydrogen-bond acceptors (Lipinski definition) is 9. The largest absolute Gasteiger partial charge is 0.489 e. The van der Waals surface area contributed by atoms with Gasteiger partial charge in [-0.25, -0.2) is 14.4 Å². The second-order valence-electron chi connectivity index (χ2n) is 14.9. The molecule has 6 amide bonds. The Morgan fingerprint density at radius 2 is 0.652 bits per heavy atom. The van der Waals surface area contributed by atoms with Crippen molar-refractivity contribution in [1.29, 1.82) is 0 Å². The van der Waals surface area contributed by atoms with E-state index in [-0.39, 0.29) is 19.8 Å². The molecule has 0 fully saturated rings. The van der Waals surface area contributed by atoms with Gasteiger partial charge < -0.3 is 31.4 Å². The highest BCUT2D eigenvalue weighted by Crippen LogP contribution is 2.36. The van der Waals surface area contributed by atoms with E-state index >= 15 is 0 Å². The lowest BCUT2D eigenvalue weighted by atomic mass is 9.84. The Kier molecular flexibility index (Phi) is 14.7. The number of pyridine rings is 3. The molecule has 7 aromatic rings. The number of nitrogens with zero attached hydrogens (tertiary/aromatic N) is 6. The molecule has 0 aliphatic heterocycles. The van der Waals surface area contributed by atoms with Crippen LogP contribution >= 0.6 is 0 Å². The molecule has 0 aliphatic carbocycles. The summed E-state index contributed by atoms with van der Waals surface area (Å²) in [4.78, 5) is 54.6. The van der Waals surface area contributed by atoms with Gasteiger partial charge in [0.1, 0.15) is 37.1 Å².